The average molecular weight is 972 g/mol. The van der Waals surface area contributed by atoms with E-state index in [9.17, 15) is 19.8 Å². The molecule has 0 saturated carbocycles. The van der Waals surface area contributed by atoms with Crippen LogP contribution >= 0.6 is 22.7 Å². The number of hydrogen-bond donors (Lipinski definition) is 2. The van der Waals surface area contributed by atoms with Crippen LogP contribution in [0.1, 0.15) is 109 Å². The summed E-state index contributed by atoms with van der Waals surface area (Å²) >= 11 is 2.89. The number of benzene rings is 5. The third-order valence-electron chi connectivity index (χ3n) is 12.2. The number of carbonyl (C=O) groups is 2. The molecule has 2 N–H and O–H groups in total. The van der Waals surface area contributed by atoms with Crippen molar-refractivity contribution < 1.29 is 19.8 Å². The standard InChI is InChI=1S/C62H57N3O4S2/c1-3-4-5-6-7-8-9-10-11-12-13-45-22-32-53(33-23-45)65(54-34-24-48(25-35-54)16-14-46-18-28-50(29-19-46)59-40-38-56(70-59)42-52(44-63)61(66)67)55-36-26-49(27-37-55)17-15-47-20-30-51(31-21-47)60-41-39-57(71-60)43-58(64-2)62(68)69/h14-43H,3-13H2,1H3,(H,66,67)(H,68,69). The van der Waals surface area contributed by atoms with Crippen LogP contribution in [0.5, 0.6) is 0 Å². The highest BCUT2D eigenvalue weighted by molar-refractivity contribution is 7.16. The van der Waals surface area contributed by atoms with Crippen LogP contribution in [-0.2, 0) is 16.0 Å². The second-order valence-electron chi connectivity index (χ2n) is 17.4. The summed E-state index contributed by atoms with van der Waals surface area (Å²) in [5.74, 6) is -2.46. The van der Waals surface area contributed by atoms with Crippen LogP contribution in [0.2, 0.25) is 0 Å². The van der Waals surface area contributed by atoms with Crippen LogP contribution in [0.15, 0.2) is 157 Å². The number of rotatable bonds is 24. The van der Waals surface area contributed by atoms with Gasteiger partial charge in [-0.1, -0.05) is 174 Å². The minimum absolute atomic E-state index is 0.288. The molecule has 5 aromatic carbocycles. The van der Waals surface area contributed by atoms with Crippen molar-refractivity contribution >= 4 is 88.1 Å². The molecule has 0 fully saturated rings. The van der Waals surface area contributed by atoms with E-state index in [0.717, 1.165) is 71.5 Å². The lowest BCUT2D eigenvalue weighted by Crippen LogP contribution is -2.10. The zero-order chi connectivity index (χ0) is 49.8. The van der Waals surface area contributed by atoms with E-state index in [4.69, 9.17) is 11.8 Å². The molecule has 0 aliphatic rings. The second-order valence-corrected chi connectivity index (χ2v) is 19.6. The molecule has 0 atom stereocenters. The number of thiophene rings is 2. The van der Waals surface area contributed by atoms with Crippen molar-refractivity contribution in [1.82, 2.24) is 0 Å². The summed E-state index contributed by atoms with van der Waals surface area (Å²) in [4.78, 5) is 31.4. The van der Waals surface area contributed by atoms with E-state index in [2.05, 4.69) is 150 Å². The summed E-state index contributed by atoms with van der Waals surface area (Å²) in [5, 5.41) is 27.6. The number of nitriles is 1. The molecule has 0 saturated heterocycles. The van der Waals surface area contributed by atoms with Gasteiger partial charge < -0.3 is 15.1 Å². The van der Waals surface area contributed by atoms with Gasteiger partial charge in [0.25, 0.3) is 5.70 Å². The van der Waals surface area contributed by atoms with E-state index in [1.165, 1.54) is 105 Å². The lowest BCUT2D eigenvalue weighted by Gasteiger charge is -2.26. The Bertz CT molecular complexity index is 2890. The fourth-order valence-corrected chi connectivity index (χ4v) is 10.1. The van der Waals surface area contributed by atoms with Crippen LogP contribution in [0, 0.1) is 17.9 Å². The summed E-state index contributed by atoms with van der Waals surface area (Å²) < 4.78 is 0. The van der Waals surface area contributed by atoms with Gasteiger partial charge in [-0.25, -0.2) is 9.64 Å². The quantitative estimate of drug-likeness (QED) is 0.0205. The molecule has 2 aromatic heterocycles. The van der Waals surface area contributed by atoms with Crippen LogP contribution < -0.4 is 4.90 Å². The van der Waals surface area contributed by atoms with Crippen molar-refractivity contribution in [2.45, 2.75) is 77.6 Å². The molecule has 356 valence electrons. The lowest BCUT2D eigenvalue weighted by molar-refractivity contribution is -0.133. The maximum atomic E-state index is 11.3. The molecule has 71 heavy (non-hydrogen) atoms. The molecule has 7 rings (SSSR count). The summed E-state index contributed by atoms with van der Waals surface area (Å²) in [7, 11) is 0. The zero-order valence-corrected chi connectivity index (χ0v) is 41.6. The Hall–Kier alpha value is -7.82. The Morgan fingerprint density at radius 1 is 0.535 bits per heavy atom. The first-order chi connectivity index (χ1) is 34.7. The molecule has 9 heteroatoms. The van der Waals surface area contributed by atoms with Gasteiger partial charge in [-0.3, -0.25) is 4.79 Å². The molecule has 7 aromatic rings. The first-order valence-corrected chi connectivity index (χ1v) is 25.9. The number of aryl methyl sites for hydroxylation is 1. The van der Waals surface area contributed by atoms with Gasteiger partial charge in [-0.15, -0.1) is 22.7 Å². The van der Waals surface area contributed by atoms with Crippen molar-refractivity contribution in [2.24, 2.45) is 0 Å². The summed E-state index contributed by atoms with van der Waals surface area (Å²) in [5.41, 5.74) is 10.3. The largest absolute Gasteiger partial charge is 0.486 e. The lowest BCUT2D eigenvalue weighted by atomic mass is 10.0. The van der Waals surface area contributed by atoms with Crippen molar-refractivity contribution in [2.75, 3.05) is 4.90 Å². The number of hydrogen-bond acceptors (Lipinski definition) is 6. The summed E-state index contributed by atoms with van der Waals surface area (Å²) in [6.45, 7) is 9.40. The number of carboxylic acid groups (broad SMARTS) is 2. The molecular formula is C62H57N3O4S2. The molecule has 0 amide bonds. The third-order valence-corrected chi connectivity index (χ3v) is 14.3. The van der Waals surface area contributed by atoms with Gasteiger partial charge >= 0.3 is 11.9 Å². The van der Waals surface area contributed by atoms with E-state index >= 15 is 0 Å². The SMILES string of the molecule is [C-]#[N+]C(=Cc1ccc(-c2ccc(C=Cc3ccc(N(c4ccc(C=Cc5ccc(-c6ccc(C=C(C#N)C(=O)O)s6)cc5)cc4)c4ccc(CCCCCCCCCCCC)cc4)cc3)cc2)s1)C(=O)O. The van der Waals surface area contributed by atoms with Crippen LogP contribution in [0.4, 0.5) is 17.1 Å². The molecule has 0 spiro atoms. The molecule has 0 unspecified atom stereocenters. The minimum atomic E-state index is -1.23. The van der Waals surface area contributed by atoms with Gasteiger partial charge in [0.05, 0.1) is 6.57 Å². The zero-order valence-electron chi connectivity index (χ0n) is 40.0. The van der Waals surface area contributed by atoms with E-state index in [1.807, 2.05) is 36.4 Å². The van der Waals surface area contributed by atoms with Gasteiger partial charge in [0.15, 0.2) is 0 Å². The van der Waals surface area contributed by atoms with Crippen LogP contribution in [0.25, 0.3) is 62.2 Å². The number of aliphatic carboxylic acids is 2. The maximum Gasteiger partial charge on any atom is 0.346 e. The third kappa shape index (κ3) is 15.1. The van der Waals surface area contributed by atoms with Gasteiger partial charge in [0, 0.05) is 36.6 Å². The second kappa shape index (κ2) is 26.2. The minimum Gasteiger partial charge on any atom is -0.486 e. The molecular weight excluding hydrogens is 915 g/mol. The average Bonchev–Trinajstić information content (AvgIpc) is 4.08. The van der Waals surface area contributed by atoms with Crippen molar-refractivity contribution in [3.05, 3.63) is 206 Å². The molecule has 0 aliphatic heterocycles. The van der Waals surface area contributed by atoms with E-state index in [1.54, 1.807) is 6.07 Å². The van der Waals surface area contributed by atoms with Crippen molar-refractivity contribution in [3.63, 3.8) is 0 Å². The summed E-state index contributed by atoms with van der Waals surface area (Å²) in [6, 6.07) is 52.0. The number of unbranched alkanes of at least 4 members (excludes halogenated alkanes) is 9. The Labute approximate surface area is 426 Å². The normalized spacial score (nSPS) is 11.8. The van der Waals surface area contributed by atoms with Crippen molar-refractivity contribution in [1.29, 1.82) is 5.26 Å². The monoisotopic (exact) mass is 971 g/mol. The Morgan fingerprint density at radius 3 is 1.32 bits per heavy atom. The number of nitrogens with zero attached hydrogens (tertiary/aromatic N) is 3. The molecule has 0 bridgehead atoms. The van der Waals surface area contributed by atoms with Gasteiger partial charge in [0.2, 0.25) is 0 Å². The molecule has 2 heterocycles. The van der Waals surface area contributed by atoms with Crippen LogP contribution in [0.3, 0.4) is 0 Å². The molecule has 0 aliphatic carbocycles. The highest BCUT2D eigenvalue weighted by Gasteiger charge is 2.14. The van der Waals surface area contributed by atoms with E-state index in [0.29, 0.717) is 4.88 Å². The number of carboxylic acids is 2. The smallest absolute Gasteiger partial charge is 0.346 e. The van der Waals surface area contributed by atoms with Gasteiger partial charge in [-0.2, -0.15) is 5.26 Å². The maximum absolute atomic E-state index is 11.3. The van der Waals surface area contributed by atoms with Crippen LogP contribution in [-0.4, -0.2) is 22.2 Å². The summed E-state index contributed by atoms with van der Waals surface area (Å²) in [6.07, 6.45) is 25.6. The Kier molecular flexibility index (Phi) is 18.9. The highest BCUT2D eigenvalue weighted by Crippen LogP contribution is 2.36. The van der Waals surface area contributed by atoms with Gasteiger partial charge in [0.1, 0.15) is 11.6 Å². The first-order valence-electron chi connectivity index (χ1n) is 24.2. The number of anilines is 3. The highest BCUT2D eigenvalue weighted by atomic mass is 32.1. The van der Waals surface area contributed by atoms with Crippen molar-refractivity contribution in [3.8, 4) is 27.0 Å². The Morgan fingerprint density at radius 2 is 0.930 bits per heavy atom. The molecule has 7 nitrogen and oxygen atoms in total. The predicted molar refractivity (Wildman–Crippen MR) is 297 cm³/mol. The fourth-order valence-electron chi connectivity index (χ4n) is 8.18. The van der Waals surface area contributed by atoms with E-state index in [-0.39, 0.29) is 11.3 Å². The molecule has 0 radical (unpaired) electrons. The van der Waals surface area contributed by atoms with Gasteiger partial charge in [-0.05, 0) is 125 Å². The predicted octanol–water partition coefficient (Wildman–Crippen LogP) is 17.8. The first kappa shape index (κ1) is 51.0. The topological polar surface area (TPSA) is 106 Å². The fraction of sp³-hybridized carbons (Fsp3) is 0.194. The van der Waals surface area contributed by atoms with E-state index < -0.39 is 11.9 Å². The Balaban J connectivity index is 1.03.